The number of fused-ring (bicyclic) bond motifs is 1. The van der Waals surface area contributed by atoms with Crippen LogP contribution in [0.15, 0.2) is 48.5 Å². The van der Waals surface area contributed by atoms with Crippen molar-refractivity contribution in [1.82, 2.24) is 10.6 Å². The van der Waals surface area contributed by atoms with Gasteiger partial charge in [-0.05, 0) is 56.5 Å². The molecule has 30 heavy (non-hydrogen) atoms. The molecule has 0 bridgehead atoms. The number of urea groups is 1. The molecular formula is C23H27N3O4. The Balaban J connectivity index is 1.54. The molecule has 1 atom stereocenters. The number of nitrogens with one attached hydrogen (secondary N) is 2. The maximum absolute atomic E-state index is 12.8. The average Bonchev–Trinajstić information content (AvgIpc) is 3.15. The molecule has 2 aromatic carbocycles. The van der Waals surface area contributed by atoms with E-state index in [0.29, 0.717) is 18.7 Å². The molecule has 1 heterocycles. The fourth-order valence-electron chi connectivity index (χ4n) is 3.32. The number of carbonyl (C=O) groups excluding carboxylic acids is 3. The van der Waals surface area contributed by atoms with Gasteiger partial charge in [0.25, 0.3) is 5.91 Å². The second-order valence-electron chi connectivity index (χ2n) is 7.59. The summed E-state index contributed by atoms with van der Waals surface area (Å²) in [5.74, 6) is -0.786. The van der Waals surface area contributed by atoms with Crippen molar-refractivity contribution in [2.75, 3.05) is 11.4 Å². The van der Waals surface area contributed by atoms with Crippen LogP contribution >= 0.6 is 0 Å². The van der Waals surface area contributed by atoms with Gasteiger partial charge in [0.1, 0.15) is 0 Å². The van der Waals surface area contributed by atoms with Crippen LogP contribution in [0, 0.1) is 0 Å². The summed E-state index contributed by atoms with van der Waals surface area (Å²) < 4.78 is 5.40. The lowest BCUT2D eigenvalue weighted by molar-refractivity contribution is -0.126. The summed E-state index contributed by atoms with van der Waals surface area (Å²) in [6, 6.07) is 14.3. The number of hydrogen-bond acceptors (Lipinski definition) is 4. The van der Waals surface area contributed by atoms with Crippen molar-refractivity contribution >= 4 is 23.6 Å². The largest absolute Gasteiger partial charge is 0.449 e. The lowest BCUT2D eigenvalue weighted by Gasteiger charge is -2.21. The number of anilines is 1. The number of rotatable bonds is 6. The predicted octanol–water partition coefficient (Wildman–Crippen LogP) is 3.03. The first kappa shape index (κ1) is 21.4. The standard InChI is InChI=1S/C23H27N3O4/c1-15(2)25-23(29)24-14-17-8-10-19(11-9-17)22(28)30-16(3)21(27)26-13-12-18-6-4-5-7-20(18)26/h4-11,15-16H,12-14H2,1-3H3,(H2,24,25,29)/t16-/m1/s1. The molecule has 0 saturated heterocycles. The summed E-state index contributed by atoms with van der Waals surface area (Å²) in [5.41, 5.74) is 3.20. The highest BCUT2D eigenvalue weighted by molar-refractivity contribution is 6.00. The van der Waals surface area contributed by atoms with Gasteiger partial charge in [-0.3, -0.25) is 4.79 Å². The van der Waals surface area contributed by atoms with Crippen molar-refractivity contribution in [2.24, 2.45) is 0 Å². The quantitative estimate of drug-likeness (QED) is 0.718. The Morgan fingerprint density at radius 3 is 2.43 bits per heavy atom. The number of esters is 1. The number of ether oxygens (including phenoxy) is 1. The Morgan fingerprint density at radius 1 is 1.03 bits per heavy atom. The van der Waals surface area contributed by atoms with Gasteiger partial charge in [-0.15, -0.1) is 0 Å². The van der Waals surface area contributed by atoms with Crippen LogP contribution in [0.4, 0.5) is 10.5 Å². The molecular weight excluding hydrogens is 382 g/mol. The van der Waals surface area contributed by atoms with Crippen LogP contribution < -0.4 is 15.5 Å². The van der Waals surface area contributed by atoms with Gasteiger partial charge in [-0.2, -0.15) is 0 Å². The van der Waals surface area contributed by atoms with E-state index >= 15 is 0 Å². The smallest absolute Gasteiger partial charge is 0.338 e. The van der Waals surface area contributed by atoms with Gasteiger partial charge in [-0.1, -0.05) is 30.3 Å². The first-order valence-corrected chi connectivity index (χ1v) is 10.1. The van der Waals surface area contributed by atoms with E-state index in [1.165, 1.54) is 0 Å². The molecule has 0 aliphatic carbocycles. The second-order valence-corrected chi connectivity index (χ2v) is 7.59. The number of carbonyl (C=O) groups is 3. The predicted molar refractivity (Wildman–Crippen MR) is 114 cm³/mol. The molecule has 3 amide bonds. The third-order valence-electron chi connectivity index (χ3n) is 4.85. The maximum atomic E-state index is 12.8. The zero-order valence-electron chi connectivity index (χ0n) is 17.5. The van der Waals surface area contributed by atoms with E-state index in [-0.39, 0.29) is 18.0 Å². The van der Waals surface area contributed by atoms with E-state index in [2.05, 4.69) is 10.6 Å². The molecule has 3 rings (SSSR count). The molecule has 0 aromatic heterocycles. The van der Waals surface area contributed by atoms with Crippen LogP contribution in [0.25, 0.3) is 0 Å². The summed E-state index contributed by atoms with van der Waals surface area (Å²) >= 11 is 0. The lowest BCUT2D eigenvalue weighted by Crippen LogP contribution is -2.39. The van der Waals surface area contributed by atoms with Gasteiger partial charge in [0, 0.05) is 24.8 Å². The molecule has 7 nitrogen and oxygen atoms in total. The summed E-state index contributed by atoms with van der Waals surface area (Å²) in [6.45, 7) is 6.29. The third-order valence-corrected chi connectivity index (χ3v) is 4.85. The number of amides is 3. The van der Waals surface area contributed by atoms with Crippen LogP contribution in [0.2, 0.25) is 0 Å². The minimum absolute atomic E-state index is 0.0564. The minimum Gasteiger partial charge on any atom is -0.449 e. The molecule has 1 aliphatic rings. The topological polar surface area (TPSA) is 87.7 Å². The minimum atomic E-state index is -0.885. The summed E-state index contributed by atoms with van der Waals surface area (Å²) in [6.07, 6.45) is -0.0856. The molecule has 0 saturated carbocycles. The fourth-order valence-corrected chi connectivity index (χ4v) is 3.32. The second kappa shape index (κ2) is 9.43. The van der Waals surface area contributed by atoms with E-state index in [4.69, 9.17) is 4.74 Å². The van der Waals surface area contributed by atoms with Crippen molar-refractivity contribution in [3.8, 4) is 0 Å². The third kappa shape index (κ3) is 5.17. The molecule has 2 aromatic rings. The van der Waals surface area contributed by atoms with Crippen LogP contribution in [0.1, 0.15) is 42.3 Å². The van der Waals surface area contributed by atoms with E-state index in [0.717, 1.165) is 23.2 Å². The highest BCUT2D eigenvalue weighted by Crippen LogP contribution is 2.28. The average molecular weight is 409 g/mol. The summed E-state index contributed by atoms with van der Waals surface area (Å²) in [4.78, 5) is 38.5. The van der Waals surface area contributed by atoms with Crippen LogP contribution in [0.3, 0.4) is 0 Å². The Bertz CT molecular complexity index is 924. The SMILES string of the molecule is CC(C)NC(=O)NCc1ccc(C(=O)O[C@H](C)C(=O)N2CCc3ccccc32)cc1. The molecule has 0 fully saturated rings. The van der Waals surface area contributed by atoms with Gasteiger partial charge >= 0.3 is 12.0 Å². The Hall–Kier alpha value is -3.35. The normalized spacial score (nSPS) is 13.5. The molecule has 0 radical (unpaired) electrons. The molecule has 2 N–H and O–H groups in total. The molecule has 158 valence electrons. The Morgan fingerprint density at radius 2 is 1.73 bits per heavy atom. The summed E-state index contributed by atoms with van der Waals surface area (Å²) in [5, 5.41) is 5.49. The lowest BCUT2D eigenvalue weighted by atomic mass is 10.1. The van der Waals surface area contributed by atoms with Gasteiger partial charge in [0.2, 0.25) is 0 Å². The zero-order valence-corrected chi connectivity index (χ0v) is 17.5. The highest BCUT2D eigenvalue weighted by Gasteiger charge is 2.29. The van der Waals surface area contributed by atoms with Gasteiger partial charge in [-0.25, -0.2) is 9.59 Å². The number of benzene rings is 2. The van der Waals surface area contributed by atoms with E-state index < -0.39 is 12.1 Å². The van der Waals surface area contributed by atoms with Gasteiger partial charge in [0.05, 0.1) is 5.56 Å². The van der Waals surface area contributed by atoms with Crippen molar-refractivity contribution in [3.05, 3.63) is 65.2 Å². The van der Waals surface area contributed by atoms with Crippen molar-refractivity contribution in [1.29, 1.82) is 0 Å². The molecule has 0 spiro atoms. The first-order chi connectivity index (χ1) is 14.3. The monoisotopic (exact) mass is 409 g/mol. The van der Waals surface area contributed by atoms with Crippen molar-refractivity contribution in [3.63, 3.8) is 0 Å². The van der Waals surface area contributed by atoms with Crippen LogP contribution in [-0.4, -0.2) is 36.6 Å². The Kier molecular flexibility index (Phi) is 6.72. The van der Waals surface area contributed by atoms with Crippen molar-refractivity contribution in [2.45, 2.75) is 45.9 Å². The van der Waals surface area contributed by atoms with Crippen molar-refractivity contribution < 1.29 is 19.1 Å². The molecule has 7 heteroatoms. The Labute approximate surface area is 176 Å². The number of para-hydroxylation sites is 1. The van der Waals surface area contributed by atoms with E-state index in [1.807, 2.05) is 38.1 Å². The number of nitrogens with zero attached hydrogens (tertiary/aromatic N) is 1. The molecule has 1 aliphatic heterocycles. The van der Waals surface area contributed by atoms with E-state index in [1.54, 1.807) is 36.1 Å². The van der Waals surface area contributed by atoms with Gasteiger partial charge in [0.15, 0.2) is 6.10 Å². The van der Waals surface area contributed by atoms with Crippen LogP contribution in [-0.2, 0) is 22.5 Å². The fraction of sp³-hybridized carbons (Fsp3) is 0.348. The van der Waals surface area contributed by atoms with Gasteiger partial charge < -0.3 is 20.3 Å². The first-order valence-electron chi connectivity index (χ1n) is 10.1. The highest BCUT2D eigenvalue weighted by atomic mass is 16.5. The van der Waals surface area contributed by atoms with Crippen LogP contribution in [0.5, 0.6) is 0 Å². The van der Waals surface area contributed by atoms with E-state index in [9.17, 15) is 14.4 Å². The molecule has 0 unspecified atom stereocenters. The maximum Gasteiger partial charge on any atom is 0.338 e. The number of hydrogen-bond donors (Lipinski definition) is 2. The zero-order chi connectivity index (χ0) is 21.7. The summed E-state index contributed by atoms with van der Waals surface area (Å²) in [7, 11) is 0.